The van der Waals surface area contributed by atoms with E-state index < -0.39 is 17.6 Å². The van der Waals surface area contributed by atoms with Crippen molar-refractivity contribution in [3.05, 3.63) is 95.2 Å². The van der Waals surface area contributed by atoms with Gasteiger partial charge in [0.05, 0.1) is 11.1 Å². The molecule has 1 aliphatic heterocycles. The van der Waals surface area contributed by atoms with Gasteiger partial charge in [-0.3, -0.25) is 14.7 Å². The number of hydrogen-bond acceptors (Lipinski definition) is 6. The maximum atomic E-state index is 13.9. The van der Waals surface area contributed by atoms with Gasteiger partial charge in [-0.1, -0.05) is 36.3 Å². The Hall–Kier alpha value is -4.33. The highest BCUT2D eigenvalue weighted by molar-refractivity contribution is 6.04. The van der Waals surface area contributed by atoms with Crippen LogP contribution in [0.15, 0.2) is 67.1 Å². The van der Waals surface area contributed by atoms with E-state index >= 15 is 0 Å². The fraction of sp³-hybridized carbons (Fsp3) is 0.241. The Morgan fingerprint density at radius 2 is 1.82 bits per heavy atom. The van der Waals surface area contributed by atoms with Crippen LogP contribution in [0.3, 0.4) is 0 Å². The molecule has 198 valence electrons. The molecule has 1 N–H and O–H groups in total. The van der Waals surface area contributed by atoms with Crippen LogP contribution in [-0.4, -0.2) is 63.9 Å². The van der Waals surface area contributed by atoms with Crippen molar-refractivity contribution in [3.63, 3.8) is 0 Å². The molecule has 10 heteroatoms. The van der Waals surface area contributed by atoms with Crippen LogP contribution in [0, 0.1) is 11.8 Å². The number of carbonyl (C=O) groups is 1. The first-order valence-corrected chi connectivity index (χ1v) is 12.4. The van der Waals surface area contributed by atoms with Gasteiger partial charge in [0.25, 0.3) is 5.91 Å². The molecule has 0 unspecified atom stereocenters. The molecular formula is C29H25F3N6O. The van der Waals surface area contributed by atoms with Gasteiger partial charge in [-0.15, -0.1) is 0 Å². The lowest BCUT2D eigenvalue weighted by Gasteiger charge is -2.33. The SMILES string of the molecule is CN1CCN(Cc2ccc(C(=O)Nc3ccnc(C#Cc4cncc5ccccc45)n3)cc2C(F)(F)F)CC1. The van der Waals surface area contributed by atoms with E-state index in [0.717, 1.165) is 29.9 Å². The highest BCUT2D eigenvalue weighted by atomic mass is 19.4. The van der Waals surface area contributed by atoms with Crippen molar-refractivity contribution in [1.82, 2.24) is 24.8 Å². The monoisotopic (exact) mass is 530 g/mol. The number of amides is 1. The molecule has 0 saturated carbocycles. The Morgan fingerprint density at radius 3 is 2.62 bits per heavy atom. The second-order valence-corrected chi connectivity index (χ2v) is 9.33. The van der Waals surface area contributed by atoms with Gasteiger partial charge in [-0.25, -0.2) is 9.97 Å². The maximum Gasteiger partial charge on any atom is 0.416 e. The Morgan fingerprint density at radius 1 is 1.03 bits per heavy atom. The number of aromatic nitrogens is 3. The average molecular weight is 531 g/mol. The van der Waals surface area contributed by atoms with Gasteiger partial charge in [0.1, 0.15) is 5.82 Å². The summed E-state index contributed by atoms with van der Waals surface area (Å²) in [5, 5.41) is 4.43. The van der Waals surface area contributed by atoms with Crippen LogP contribution in [0.4, 0.5) is 19.0 Å². The van der Waals surface area contributed by atoms with Gasteiger partial charge in [0, 0.05) is 67.7 Å². The van der Waals surface area contributed by atoms with E-state index in [1.807, 2.05) is 36.2 Å². The number of pyridine rings is 1. The van der Waals surface area contributed by atoms with Crippen LogP contribution in [0.1, 0.15) is 32.9 Å². The van der Waals surface area contributed by atoms with Gasteiger partial charge >= 0.3 is 6.18 Å². The molecule has 0 radical (unpaired) electrons. The quantitative estimate of drug-likeness (QED) is 0.394. The zero-order chi connectivity index (χ0) is 27.4. The predicted octanol–water partition coefficient (Wildman–Crippen LogP) is 4.44. The van der Waals surface area contributed by atoms with Gasteiger partial charge in [-0.05, 0) is 36.7 Å². The summed E-state index contributed by atoms with van der Waals surface area (Å²) in [7, 11) is 1.99. The van der Waals surface area contributed by atoms with E-state index in [0.29, 0.717) is 18.7 Å². The predicted molar refractivity (Wildman–Crippen MR) is 142 cm³/mol. The second kappa shape index (κ2) is 11.2. The Bertz CT molecular complexity index is 1560. The average Bonchev–Trinajstić information content (AvgIpc) is 2.93. The van der Waals surface area contributed by atoms with Crippen molar-refractivity contribution in [1.29, 1.82) is 0 Å². The summed E-state index contributed by atoms with van der Waals surface area (Å²) in [5.41, 5.74) is -0.0850. The van der Waals surface area contributed by atoms with E-state index in [4.69, 9.17) is 0 Å². The minimum absolute atomic E-state index is 0.113. The summed E-state index contributed by atoms with van der Waals surface area (Å²) in [6.07, 6.45) is 0.226. The number of carbonyl (C=O) groups excluding carboxylic acids is 1. The molecule has 3 heterocycles. The zero-order valence-corrected chi connectivity index (χ0v) is 21.2. The summed E-state index contributed by atoms with van der Waals surface area (Å²) in [4.78, 5) is 29.5. The van der Waals surface area contributed by atoms with Crippen molar-refractivity contribution in [2.24, 2.45) is 0 Å². The van der Waals surface area contributed by atoms with E-state index in [-0.39, 0.29) is 29.3 Å². The summed E-state index contributed by atoms with van der Waals surface area (Å²) < 4.78 is 41.7. The molecule has 2 aromatic carbocycles. The highest BCUT2D eigenvalue weighted by Gasteiger charge is 2.34. The van der Waals surface area contributed by atoms with Gasteiger partial charge < -0.3 is 10.2 Å². The molecule has 0 bridgehead atoms. The minimum Gasteiger partial charge on any atom is -0.306 e. The number of nitrogens with one attached hydrogen (secondary N) is 1. The Kier molecular flexibility index (Phi) is 7.54. The molecule has 2 aromatic heterocycles. The number of nitrogens with zero attached hydrogens (tertiary/aromatic N) is 5. The van der Waals surface area contributed by atoms with Crippen molar-refractivity contribution in [2.75, 3.05) is 38.5 Å². The molecule has 5 rings (SSSR count). The standard InChI is InChI=1S/C29H25F3N6O/c1-37-12-14-38(15-13-37)19-23-7-6-20(16-25(23)29(30,31)32)28(39)36-27-10-11-34-26(35-27)9-8-22-18-33-17-21-4-2-3-5-24(21)22/h2-7,10-11,16-18H,12-15,19H2,1H3,(H,34,35,36,39). The Labute approximate surface area is 223 Å². The van der Waals surface area contributed by atoms with Crippen LogP contribution < -0.4 is 5.32 Å². The van der Waals surface area contributed by atoms with Crippen molar-refractivity contribution in [3.8, 4) is 11.8 Å². The molecule has 4 aromatic rings. The molecule has 1 amide bonds. The van der Waals surface area contributed by atoms with Crippen molar-refractivity contribution >= 4 is 22.5 Å². The number of anilines is 1. The summed E-state index contributed by atoms with van der Waals surface area (Å²) in [6.45, 7) is 3.14. The number of rotatable bonds is 4. The summed E-state index contributed by atoms with van der Waals surface area (Å²) >= 11 is 0. The molecule has 0 atom stereocenters. The molecule has 1 aliphatic rings. The molecule has 0 aliphatic carbocycles. The van der Waals surface area contributed by atoms with E-state index in [1.165, 1.54) is 24.4 Å². The fourth-order valence-corrected chi connectivity index (χ4v) is 4.38. The lowest BCUT2D eigenvalue weighted by molar-refractivity contribution is -0.138. The van der Waals surface area contributed by atoms with Gasteiger partial charge in [0.15, 0.2) is 0 Å². The third-order valence-corrected chi connectivity index (χ3v) is 6.54. The third-order valence-electron chi connectivity index (χ3n) is 6.54. The number of likely N-dealkylation sites (N-methyl/N-ethyl adjacent to an activating group) is 1. The number of piperazine rings is 1. The molecule has 7 nitrogen and oxygen atoms in total. The second-order valence-electron chi connectivity index (χ2n) is 9.33. The molecule has 1 saturated heterocycles. The van der Waals surface area contributed by atoms with Crippen LogP contribution in [-0.2, 0) is 12.7 Å². The van der Waals surface area contributed by atoms with Crippen LogP contribution in [0.25, 0.3) is 10.8 Å². The highest BCUT2D eigenvalue weighted by Crippen LogP contribution is 2.33. The maximum absolute atomic E-state index is 13.9. The molecule has 39 heavy (non-hydrogen) atoms. The minimum atomic E-state index is -4.59. The summed E-state index contributed by atoms with van der Waals surface area (Å²) in [6, 6.07) is 12.8. The Balaban J connectivity index is 1.33. The normalized spacial score (nSPS) is 14.6. The van der Waals surface area contributed by atoms with Crippen molar-refractivity contribution < 1.29 is 18.0 Å². The fourth-order valence-electron chi connectivity index (χ4n) is 4.38. The van der Waals surface area contributed by atoms with E-state index in [9.17, 15) is 18.0 Å². The smallest absolute Gasteiger partial charge is 0.306 e. The first-order valence-electron chi connectivity index (χ1n) is 12.4. The van der Waals surface area contributed by atoms with Gasteiger partial charge in [0.2, 0.25) is 5.82 Å². The lowest BCUT2D eigenvalue weighted by Crippen LogP contribution is -2.44. The number of alkyl halides is 3. The summed E-state index contributed by atoms with van der Waals surface area (Å²) in [5.74, 6) is 5.44. The van der Waals surface area contributed by atoms with E-state index in [1.54, 1.807) is 12.4 Å². The lowest BCUT2D eigenvalue weighted by atomic mass is 10.0. The van der Waals surface area contributed by atoms with Crippen LogP contribution in [0.5, 0.6) is 0 Å². The molecular weight excluding hydrogens is 505 g/mol. The number of hydrogen-bond donors (Lipinski definition) is 1. The first-order chi connectivity index (χ1) is 18.8. The number of halogens is 3. The first kappa shape index (κ1) is 26.3. The largest absolute Gasteiger partial charge is 0.416 e. The number of fused-ring (bicyclic) bond motifs is 1. The molecule has 0 spiro atoms. The number of benzene rings is 2. The third kappa shape index (κ3) is 6.39. The van der Waals surface area contributed by atoms with Crippen molar-refractivity contribution in [2.45, 2.75) is 12.7 Å². The zero-order valence-electron chi connectivity index (χ0n) is 21.2. The van der Waals surface area contributed by atoms with Crippen LogP contribution in [0.2, 0.25) is 0 Å². The topological polar surface area (TPSA) is 74.2 Å². The molecule has 1 fully saturated rings. The van der Waals surface area contributed by atoms with Crippen LogP contribution >= 0.6 is 0 Å². The van der Waals surface area contributed by atoms with E-state index in [2.05, 4.69) is 37.0 Å². The van der Waals surface area contributed by atoms with Gasteiger partial charge in [-0.2, -0.15) is 13.2 Å².